The van der Waals surface area contributed by atoms with Crippen LogP contribution in [0.5, 0.6) is 5.75 Å². The van der Waals surface area contributed by atoms with Crippen molar-refractivity contribution in [2.75, 3.05) is 11.9 Å². The minimum absolute atomic E-state index is 0.00941. The Bertz CT molecular complexity index is 1360. The summed E-state index contributed by atoms with van der Waals surface area (Å²) in [4.78, 5) is 28.2. The number of aromatic hydroxyl groups is 1. The average molecular weight is 505 g/mol. The van der Waals surface area contributed by atoms with Gasteiger partial charge in [-0.05, 0) is 36.8 Å². The van der Waals surface area contributed by atoms with Crippen LogP contribution in [0.1, 0.15) is 40.0 Å². The first-order valence-electron chi connectivity index (χ1n) is 10.7. The first-order chi connectivity index (χ1) is 17.0. The summed E-state index contributed by atoms with van der Waals surface area (Å²) in [6, 6.07) is 6.00. The molecule has 4 rings (SSSR count). The van der Waals surface area contributed by atoms with Crippen LogP contribution in [-0.2, 0) is 13.1 Å². The Hall–Kier alpha value is -4.15. The van der Waals surface area contributed by atoms with Crippen LogP contribution >= 0.6 is 0 Å². The Morgan fingerprint density at radius 3 is 2.31 bits per heavy atom. The maximum Gasteiger partial charge on any atom is 0.325 e. The molecule has 0 saturated heterocycles. The lowest BCUT2D eigenvalue weighted by Gasteiger charge is -2.39. The summed E-state index contributed by atoms with van der Waals surface area (Å²) in [5.74, 6) is -7.25. The minimum Gasteiger partial charge on any atom is -0.507 e. The van der Waals surface area contributed by atoms with Crippen LogP contribution in [-0.4, -0.2) is 29.0 Å². The Morgan fingerprint density at radius 2 is 1.64 bits per heavy atom. The van der Waals surface area contributed by atoms with Crippen LogP contribution in [0.15, 0.2) is 42.5 Å². The van der Waals surface area contributed by atoms with Crippen molar-refractivity contribution in [3.63, 3.8) is 0 Å². The van der Waals surface area contributed by atoms with E-state index in [9.17, 15) is 36.6 Å². The third-order valence-electron chi connectivity index (χ3n) is 6.17. The molecule has 188 valence electrons. The molecule has 36 heavy (non-hydrogen) atoms. The van der Waals surface area contributed by atoms with Crippen molar-refractivity contribution in [1.82, 2.24) is 10.2 Å². The number of anilines is 1. The van der Waals surface area contributed by atoms with Crippen molar-refractivity contribution in [3.05, 3.63) is 93.8 Å². The molecule has 0 saturated carbocycles. The van der Waals surface area contributed by atoms with E-state index in [4.69, 9.17) is 0 Å². The number of amides is 3. The summed E-state index contributed by atoms with van der Waals surface area (Å²) in [7, 11) is 1.51. The van der Waals surface area contributed by atoms with Crippen LogP contribution in [0.3, 0.4) is 0 Å². The van der Waals surface area contributed by atoms with Crippen LogP contribution < -0.4 is 10.2 Å². The first-order valence-corrected chi connectivity index (χ1v) is 10.7. The molecule has 0 aliphatic carbocycles. The van der Waals surface area contributed by atoms with E-state index in [1.54, 1.807) is 13.0 Å². The van der Waals surface area contributed by atoms with Gasteiger partial charge >= 0.3 is 6.03 Å². The fourth-order valence-electron chi connectivity index (χ4n) is 4.00. The number of rotatable bonds is 5. The number of phenolic OH excluding ortho intramolecular Hbond substituents is 1. The maximum atomic E-state index is 14.4. The molecule has 1 aliphatic heterocycles. The molecule has 1 unspecified atom stereocenters. The molecule has 11 heteroatoms. The molecular formula is C25H20F5N3O3. The van der Waals surface area contributed by atoms with Gasteiger partial charge in [0, 0.05) is 36.9 Å². The van der Waals surface area contributed by atoms with Gasteiger partial charge in [0.15, 0.2) is 11.6 Å². The maximum absolute atomic E-state index is 14.4. The predicted molar refractivity (Wildman–Crippen MR) is 120 cm³/mol. The van der Waals surface area contributed by atoms with Gasteiger partial charge in [0.25, 0.3) is 5.91 Å². The zero-order chi connectivity index (χ0) is 26.3. The Labute approximate surface area is 202 Å². The SMILES string of the molecule is CC1c2ccc(C(=O)NCc3c(F)cc(F)cc3F)cc2N(Cc2c(O)ccc(F)c2F)C(=O)N1C. The van der Waals surface area contributed by atoms with Gasteiger partial charge in [-0.1, -0.05) is 6.07 Å². The Balaban J connectivity index is 1.67. The van der Waals surface area contributed by atoms with Gasteiger partial charge < -0.3 is 15.3 Å². The third-order valence-corrected chi connectivity index (χ3v) is 6.17. The van der Waals surface area contributed by atoms with Gasteiger partial charge in [0.1, 0.15) is 23.2 Å². The van der Waals surface area contributed by atoms with E-state index in [1.807, 2.05) is 0 Å². The second kappa shape index (κ2) is 9.48. The quantitative estimate of drug-likeness (QED) is 0.471. The van der Waals surface area contributed by atoms with Crippen molar-refractivity contribution in [3.8, 4) is 5.75 Å². The molecule has 0 bridgehead atoms. The van der Waals surface area contributed by atoms with Crippen molar-refractivity contribution in [2.45, 2.75) is 26.1 Å². The number of urea groups is 1. The standard InChI is InChI=1S/C25H20F5N3O3/c1-12-15-4-3-13(24(35)31-10-16-19(28)8-14(26)9-20(16)29)7-21(15)33(25(36)32(12)2)11-17-22(34)6-5-18(27)23(17)30/h3-9,12,34H,10-11H2,1-2H3,(H,31,35). The number of hydrogen-bond donors (Lipinski definition) is 2. The summed E-state index contributed by atoms with van der Waals surface area (Å²) in [6.45, 7) is 0.627. The number of hydrogen-bond acceptors (Lipinski definition) is 3. The van der Waals surface area contributed by atoms with E-state index in [1.165, 1.54) is 24.1 Å². The molecule has 1 aliphatic rings. The molecule has 0 spiro atoms. The van der Waals surface area contributed by atoms with E-state index in [2.05, 4.69) is 5.32 Å². The van der Waals surface area contributed by atoms with E-state index in [-0.39, 0.29) is 11.3 Å². The number of halogens is 5. The molecule has 1 heterocycles. The number of nitrogens with zero attached hydrogens (tertiary/aromatic N) is 2. The number of benzene rings is 3. The molecule has 0 fully saturated rings. The summed E-state index contributed by atoms with van der Waals surface area (Å²) in [5.41, 5.74) is -0.183. The van der Waals surface area contributed by atoms with Gasteiger partial charge in [0.2, 0.25) is 0 Å². The van der Waals surface area contributed by atoms with Crippen molar-refractivity contribution >= 4 is 17.6 Å². The molecule has 3 aromatic rings. The smallest absolute Gasteiger partial charge is 0.325 e. The van der Waals surface area contributed by atoms with E-state index in [0.29, 0.717) is 17.7 Å². The molecule has 6 nitrogen and oxygen atoms in total. The number of carbonyl (C=O) groups excluding carboxylic acids is 2. The lowest BCUT2D eigenvalue weighted by atomic mass is 9.98. The summed E-state index contributed by atoms with van der Waals surface area (Å²) < 4.78 is 69.1. The highest BCUT2D eigenvalue weighted by Crippen LogP contribution is 2.38. The van der Waals surface area contributed by atoms with Gasteiger partial charge in [0.05, 0.1) is 23.8 Å². The van der Waals surface area contributed by atoms with Crippen LogP contribution in [0.2, 0.25) is 0 Å². The van der Waals surface area contributed by atoms with E-state index >= 15 is 0 Å². The third kappa shape index (κ3) is 4.43. The van der Waals surface area contributed by atoms with Gasteiger partial charge in [-0.15, -0.1) is 0 Å². The fraction of sp³-hybridized carbons (Fsp3) is 0.200. The van der Waals surface area contributed by atoms with Crippen molar-refractivity contribution in [1.29, 1.82) is 0 Å². The van der Waals surface area contributed by atoms with Gasteiger partial charge in [-0.3, -0.25) is 9.69 Å². The number of fused-ring (bicyclic) bond motifs is 1. The van der Waals surface area contributed by atoms with Gasteiger partial charge in [-0.2, -0.15) is 0 Å². The Kier molecular flexibility index (Phi) is 6.57. The van der Waals surface area contributed by atoms with E-state index in [0.717, 1.165) is 17.0 Å². The first kappa shape index (κ1) is 25.0. The average Bonchev–Trinajstić information content (AvgIpc) is 2.83. The van der Waals surface area contributed by atoms with Crippen LogP contribution in [0.25, 0.3) is 0 Å². The zero-order valence-corrected chi connectivity index (χ0v) is 19.1. The molecule has 3 aromatic carbocycles. The zero-order valence-electron chi connectivity index (χ0n) is 19.1. The van der Waals surface area contributed by atoms with Crippen LogP contribution in [0, 0.1) is 29.1 Å². The molecule has 2 N–H and O–H groups in total. The molecule has 3 amide bonds. The molecular weight excluding hydrogens is 485 g/mol. The highest BCUT2D eigenvalue weighted by molar-refractivity contribution is 5.99. The lowest BCUT2D eigenvalue weighted by molar-refractivity contribution is 0.0950. The summed E-state index contributed by atoms with van der Waals surface area (Å²) in [5, 5.41) is 12.4. The summed E-state index contributed by atoms with van der Waals surface area (Å²) in [6.07, 6.45) is 0. The van der Waals surface area contributed by atoms with Crippen molar-refractivity contribution in [2.24, 2.45) is 0 Å². The molecule has 1 atom stereocenters. The topological polar surface area (TPSA) is 72.9 Å². The molecule has 0 radical (unpaired) electrons. The lowest BCUT2D eigenvalue weighted by Crippen LogP contribution is -2.46. The summed E-state index contributed by atoms with van der Waals surface area (Å²) >= 11 is 0. The number of carbonyl (C=O) groups is 2. The van der Waals surface area contributed by atoms with Gasteiger partial charge in [-0.25, -0.2) is 26.7 Å². The number of nitrogens with one attached hydrogen (secondary N) is 1. The Morgan fingerprint density at radius 1 is 0.972 bits per heavy atom. The number of phenols is 1. The van der Waals surface area contributed by atoms with E-state index < -0.39 is 77.0 Å². The second-order valence-electron chi connectivity index (χ2n) is 8.32. The van der Waals surface area contributed by atoms with Crippen LogP contribution in [0.4, 0.5) is 32.4 Å². The predicted octanol–water partition coefficient (Wildman–Crippen LogP) is 5.15. The minimum atomic E-state index is -1.32. The normalized spacial score (nSPS) is 15.2. The fourth-order valence-corrected chi connectivity index (χ4v) is 4.00. The largest absolute Gasteiger partial charge is 0.507 e. The second-order valence-corrected chi connectivity index (χ2v) is 8.32. The highest BCUT2D eigenvalue weighted by atomic mass is 19.2. The monoisotopic (exact) mass is 505 g/mol. The van der Waals surface area contributed by atoms with Crippen molar-refractivity contribution < 1.29 is 36.6 Å². The highest BCUT2D eigenvalue weighted by Gasteiger charge is 2.35. The molecule has 0 aromatic heterocycles.